The summed E-state index contributed by atoms with van der Waals surface area (Å²) in [6.07, 6.45) is 3.58. The summed E-state index contributed by atoms with van der Waals surface area (Å²) < 4.78 is 0. The molecule has 0 saturated carbocycles. The number of aromatic nitrogens is 2. The van der Waals surface area contributed by atoms with Gasteiger partial charge in [0.05, 0.1) is 12.4 Å². The third-order valence-electron chi connectivity index (χ3n) is 6.00. The number of carboxylic acid groups (broad SMARTS) is 1. The summed E-state index contributed by atoms with van der Waals surface area (Å²) in [5, 5.41) is 17.2. The van der Waals surface area contributed by atoms with Gasteiger partial charge in [0.25, 0.3) is 0 Å². The maximum Gasteiger partial charge on any atom is 0.326 e. The molecule has 0 aliphatic carbocycles. The number of nitrogens with one attached hydrogen (secondary N) is 4. The predicted molar refractivity (Wildman–Crippen MR) is 141 cm³/mol. The topological polar surface area (TPSA) is 287 Å². The molecule has 0 spiro atoms. The number of rotatable bonds is 18. The number of aliphatic imine (C=N–C) groups is 1. The molecule has 5 unspecified atom stereocenters. The zero-order valence-electron chi connectivity index (χ0n) is 22.2. The molecule has 1 aromatic rings. The fraction of sp³-hybridized carbons (Fsp3) is 0.609. The highest BCUT2D eigenvalue weighted by Crippen LogP contribution is 2.11. The van der Waals surface area contributed by atoms with Crippen LogP contribution in [0.3, 0.4) is 0 Å². The second-order valence-electron chi connectivity index (χ2n) is 9.17. The van der Waals surface area contributed by atoms with Gasteiger partial charge in [-0.2, -0.15) is 0 Å². The zero-order chi connectivity index (χ0) is 29.5. The number of H-pyrrole nitrogens is 1. The monoisotopic (exact) mass is 552 g/mol. The number of aliphatic carboxylic acids is 1. The number of imidazole rings is 1. The number of carboxylic acids is 1. The molecule has 0 aliphatic heterocycles. The van der Waals surface area contributed by atoms with E-state index in [2.05, 4.69) is 30.9 Å². The molecule has 0 aliphatic rings. The van der Waals surface area contributed by atoms with Crippen molar-refractivity contribution in [2.24, 2.45) is 33.8 Å². The molecule has 1 heterocycles. The van der Waals surface area contributed by atoms with Crippen LogP contribution in [0.4, 0.5) is 0 Å². The Bertz CT molecular complexity index is 996. The van der Waals surface area contributed by atoms with Gasteiger partial charge in [-0.15, -0.1) is 0 Å². The first-order valence-electron chi connectivity index (χ1n) is 12.6. The lowest BCUT2D eigenvalue weighted by atomic mass is 9.96. The van der Waals surface area contributed by atoms with Crippen molar-refractivity contribution >= 4 is 35.6 Å². The summed E-state index contributed by atoms with van der Waals surface area (Å²) in [5.74, 6) is -4.47. The largest absolute Gasteiger partial charge is 0.480 e. The summed E-state index contributed by atoms with van der Waals surface area (Å²) in [5.41, 5.74) is 22.0. The Kier molecular flexibility index (Phi) is 14.0. The van der Waals surface area contributed by atoms with Gasteiger partial charge in [0.15, 0.2) is 5.96 Å². The van der Waals surface area contributed by atoms with E-state index in [1.165, 1.54) is 12.5 Å². The molecule has 1 aromatic heterocycles. The Balaban J connectivity index is 3.02. The lowest BCUT2D eigenvalue weighted by molar-refractivity contribution is -0.143. The molecule has 13 N–H and O–H groups in total. The first-order chi connectivity index (χ1) is 18.3. The summed E-state index contributed by atoms with van der Waals surface area (Å²) in [6, 6.07) is -4.60. The maximum absolute atomic E-state index is 13.3. The first kappa shape index (κ1) is 32.8. The van der Waals surface area contributed by atoms with Crippen molar-refractivity contribution in [1.29, 1.82) is 0 Å². The van der Waals surface area contributed by atoms with Gasteiger partial charge < -0.3 is 49.0 Å². The van der Waals surface area contributed by atoms with Gasteiger partial charge in [-0.3, -0.25) is 24.2 Å². The highest BCUT2D eigenvalue weighted by Gasteiger charge is 2.33. The molecule has 0 bridgehead atoms. The number of hydrogen-bond donors (Lipinski definition) is 9. The predicted octanol–water partition coefficient (Wildman–Crippen LogP) is -2.82. The Hall–Kier alpha value is -4.21. The van der Waals surface area contributed by atoms with Crippen LogP contribution in [0.2, 0.25) is 0 Å². The van der Waals surface area contributed by atoms with Crippen LogP contribution in [-0.2, 0) is 30.4 Å². The van der Waals surface area contributed by atoms with Crippen molar-refractivity contribution in [1.82, 2.24) is 25.9 Å². The molecule has 4 amide bonds. The maximum atomic E-state index is 13.3. The summed E-state index contributed by atoms with van der Waals surface area (Å²) >= 11 is 0. The van der Waals surface area contributed by atoms with Crippen LogP contribution in [0.25, 0.3) is 0 Å². The summed E-state index contributed by atoms with van der Waals surface area (Å²) in [4.78, 5) is 72.4. The molecule has 39 heavy (non-hydrogen) atoms. The van der Waals surface area contributed by atoms with E-state index in [4.69, 9.17) is 22.9 Å². The van der Waals surface area contributed by atoms with Gasteiger partial charge in [0.2, 0.25) is 23.6 Å². The molecule has 16 heteroatoms. The van der Waals surface area contributed by atoms with Crippen molar-refractivity contribution < 1.29 is 29.1 Å². The smallest absolute Gasteiger partial charge is 0.326 e. The number of carbonyl (C=O) groups excluding carboxylic acids is 4. The Morgan fingerprint density at radius 1 is 1.03 bits per heavy atom. The average Bonchev–Trinajstić information content (AvgIpc) is 3.39. The van der Waals surface area contributed by atoms with Crippen molar-refractivity contribution in [2.45, 2.75) is 76.5 Å². The lowest BCUT2D eigenvalue weighted by Crippen LogP contribution is -2.59. The van der Waals surface area contributed by atoms with E-state index in [1.54, 1.807) is 6.92 Å². The molecule has 0 fully saturated rings. The second-order valence-corrected chi connectivity index (χ2v) is 9.17. The number of aromatic amines is 1. The van der Waals surface area contributed by atoms with Crippen LogP contribution in [0.1, 0.15) is 51.6 Å². The summed E-state index contributed by atoms with van der Waals surface area (Å²) in [6.45, 7) is 3.72. The lowest BCUT2D eigenvalue weighted by Gasteiger charge is -2.28. The molecule has 16 nitrogen and oxygen atoms in total. The first-order valence-corrected chi connectivity index (χ1v) is 12.6. The van der Waals surface area contributed by atoms with E-state index in [9.17, 15) is 29.1 Å². The minimum Gasteiger partial charge on any atom is -0.480 e. The standard InChI is InChI=1S/C23H40N10O6/c1-3-12(2)18(21(37)31-15(22(38)39)5-4-8-29-23(26)27)33-20(36)16(9-13-10-28-11-30-13)32-19(35)14(24)6-7-17(25)34/h10-12,14-16,18H,3-9,24H2,1-2H3,(H2,25,34)(H,28,30)(H,31,37)(H,32,35)(H,33,36)(H,38,39)(H4,26,27,29). The fourth-order valence-corrected chi connectivity index (χ4v) is 3.51. The minimum absolute atomic E-state index is 0.00248. The zero-order valence-corrected chi connectivity index (χ0v) is 22.2. The SMILES string of the molecule is CCC(C)C(NC(=O)C(Cc1cnc[nH]1)NC(=O)C(N)CCC(N)=O)C(=O)NC(CCCN=C(N)N)C(=O)O. The normalized spacial score (nSPS) is 14.6. The third-order valence-corrected chi connectivity index (χ3v) is 6.00. The number of guanidine groups is 1. The molecule has 0 aromatic carbocycles. The van der Waals surface area contributed by atoms with Crippen molar-refractivity contribution in [3.63, 3.8) is 0 Å². The third kappa shape index (κ3) is 12.3. The van der Waals surface area contributed by atoms with Gasteiger partial charge in [-0.1, -0.05) is 20.3 Å². The number of hydrogen-bond acceptors (Lipinski definition) is 8. The van der Waals surface area contributed by atoms with Gasteiger partial charge in [-0.25, -0.2) is 9.78 Å². The fourth-order valence-electron chi connectivity index (χ4n) is 3.51. The molecular weight excluding hydrogens is 512 g/mol. The van der Waals surface area contributed by atoms with Gasteiger partial charge in [0.1, 0.15) is 18.1 Å². The van der Waals surface area contributed by atoms with Crippen LogP contribution in [0.5, 0.6) is 0 Å². The van der Waals surface area contributed by atoms with E-state index in [1.807, 2.05) is 6.92 Å². The van der Waals surface area contributed by atoms with Crippen molar-refractivity contribution in [3.05, 3.63) is 18.2 Å². The highest BCUT2D eigenvalue weighted by atomic mass is 16.4. The summed E-state index contributed by atoms with van der Waals surface area (Å²) in [7, 11) is 0. The van der Waals surface area contributed by atoms with E-state index >= 15 is 0 Å². The Morgan fingerprint density at radius 3 is 2.23 bits per heavy atom. The van der Waals surface area contributed by atoms with E-state index < -0.39 is 53.8 Å². The van der Waals surface area contributed by atoms with Crippen molar-refractivity contribution in [3.8, 4) is 0 Å². The number of primary amides is 1. The van der Waals surface area contributed by atoms with Gasteiger partial charge in [0, 0.05) is 31.3 Å². The van der Waals surface area contributed by atoms with E-state index in [0.717, 1.165) is 0 Å². The average molecular weight is 553 g/mol. The highest BCUT2D eigenvalue weighted by molar-refractivity contribution is 5.94. The molecule has 0 radical (unpaired) electrons. The second kappa shape index (κ2) is 16.6. The quantitative estimate of drug-likeness (QED) is 0.0511. The molecule has 218 valence electrons. The minimum atomic E-state index is -1.25. The molecule has 1 rings (SSSR count). The number of nitrogens with zero attached hydrogens (tertiary/aromatic N) is 2. The number of carbonyl (C=O) groups is 5. The molecule has 5 atom stereocenters. The number of amides is 4. The van der Waals surface area contributed by atoms with Crippen molar-refractivity contribution in [2.75, 3.05) is 6.54 Å². The molecule has 0 saturated heterocycles. The Labute approximate surface area is 226 Å². The van der Waals surface area contributed by atoms with E-state index in [0.29, 0.717) is 18.5 Å². The van der Waals surface area contributed by atoms with Crippen LogP contribution < -0.4 is 38.9 Å². The van der Waals surface area contributed by atoms with Crippen LogP contribution >= 0.6 is 0 Å². The Morgan fingerprint density at radius 2 is 1.69 bits per heavy atom. The van der Waals surface area contributed by atoms with E-state index in [-0.39, 0.29) is 44.1 Å². The molecular formula is C23H40N10O6. The van der Waals surface area contributed by atoms with Gasteiger partial charge in [-0.05, 0) is 25.2 Å². The van der Waals surface area contributed by atoms with Gasteiger partial charge >= 0.3 is 5.97 Å². The van der Waals surface area contributed by atoms with Crippen LogP contribution in [0, 0.1) is 5.92 Å². The van der Waals surface area contributed by atoms with Crippen LogP contribution in [-0.4, -0.2) is 81.3 Å². The van der Waals surface area contributed by atoms with Crippen LogP contribution in [0.15, 0.2) is 17.5 Å². The number of nitrogens with two attached hydrogens (primary N) is 4.